The van der Waals surface area contributed by atoms with Crippen molar-refractivity contribution in [2.75, 3.05) is 12.3 Å². The molecule has 2 unspecified atom stereocenters. The summed E-state index contributed by atoms with van der Waals surface area (Å²) in [6.07, 6.45) is 1.75. The summed E-state index contributed by atoms with van der Waals surface area (Å²) < 4.78 is 0. The summed E-state index contributed by atoms with van der Waals surface area (Å²) in [5, 5.41) is 21.0. The topological polar surface area (TPSA) is 159 Å². The second-order valence-electron chi connectivity index (χ2n) is 3.87. The van der Waals surface area contributed by atoms with Crippen LogP contribution in [0.25, 0.3) is 0 Å². The second kappa shape index (κ2) is 18.2. The molecule has 136 valence electrons. The van der Waals surface area contributed by atoms with Crippen molar-refractivity contribution in [2.24, 2.45) is 5.73 Å². The van der Waals surface area contributed by atoms with Gasteiger partial charge in [-0.3, -0.25) is 14.4 Å². The third-order valence-electron chi connectivity index (χ3n) is 2.08. The highest BCUT2D eigenvalue weighted by Crippen LogP contribution is 1.91. The van der Waals surface area contributed by atoms with Crippen LogP contribution in [-0.2, 0) is 19.2 Å². The third kappa shape index (κ3) is 18.1. The Hall–Kier alpha value is -1.81. The molecule has 0 heterocycles. The van der Waals surface area contributed by atoms with Gasteiger partial charge in [-0.25, -0.2) is 4.79 Å². The van der Waals surface area contributed by atoms with Crippen LogP contribution in [-0.4, -0.2) is 58.9 Å². The van der Waals surface area contributed by atoms with Crippen molar-refractivity contribution in [3.63, 3.8) is 0 Å². The molecule has 23 heavy (non-hydrogen) atoms. The van der Waals surface area contributed by atoms with E-state index in [1.807, 2.05) is 20.8 Å². The van der Waals surface area contributed by atoms with Crippen molar-refractivity contribution in [1.29, 1.82) is 0 Å². The predicted octanol–water partition coefficient (Wildman–Crippen LogP) is -0.544. The Labute approximate surface area is 141 Å². The molecule has 0 fully saturated rings. The van der Waals surface area contributed by atoms with Crippen LogP contribution < -0.4 is 16.4 Å². The summed E-state index contributed by atoms with van der Waals surface area (Å²) in [7, 11) is 0. The van der Waals surface area contributed by atoms with Crippen LogP contribution in [0.2, 0.25) is 0 Å². The molecule has 0 aromatic heterocycles. The molecule has 0 aliphatic rings. The smallest absolute Gasteiger partial charge is 0.327 e. The van der Waals surface area contributed by atoms with Crippen molar-refractivity contribution < 1.29 is 29.4 Å². The minimum atomic E-state index is -1.16. The Morgan fingerprint density at radius 3 is 2.00 bits per heavy atom. The van der Waals surface area contributed by atoms with E-state index in [1.54, 1.807) is 0 Å². The number of amides is 2. The van der Waals surface area contributed by atoms with Crippen LogP contribution in [0.1, 0.15) is 33.6 Å². The minimum Gasteiger partial charge on any atom is -0.480 e. The van der Waals surface area contributed by atoms with Crippen molar-refractivity contribution in [3.05, 3.63) is 0 Å². The third-order valence-corrected chi connectivity index (χ3v) is 2.44. The van der Waals surface area contributed by atoms with Crippen molar-refractivity contribution >= 4 is 36.9 Å². The summed E-state index contributed by atoms with van der Waals surface area (Å²) in [6, 6.07) is -1.69. The second-order valence-corrected chi connectivity index (χ2v) is 4.24. The molecule has 6 N–H and O–H groups in total. The maximum atomic E-state index is 10.8. The molecule has 0 aliphatic heterocycles. The molecule has 2 atom stereocenters. The maximum absolute atomic E-state index is 10.8. The standard InChI is InChI=1S/C6H10N2O4S.C5H11NO2.C2H6/c9-3-7-1-5(10)8-4(2-13)6(11)12;1-2-3-4(6)5(7)8;1-2/h3-4,13H,1-2H2,(H,7,9)(H,8,10)(H,11,12);4H,2-3,6H2,1H3,(H,7,8);1-2H3. The molecule has 0 saturated carbocycles. The summed E-state index contributed by atoms with van der Waals surface area (Å²) >= 11 is 3.74. The summed E-state index contributed by atoms with van der Waals surface area (Å²) in [4.78, 5) is 41.0. The van der Waals surface area contributed by atoms with Crippen LogP contribution in [0.4, 0.5) is 0 Å². The largest absolute Gasteiger partial charge is 0.480 e. The lowest BCUT2D eigenvalue weighted by atomic mass is 10.2. The molecule has 10 heteroatoms. The molecule has 0 aliphatic carbocycles. The number of aliphatic carboxylic acids is 2. The first-order chi connectivity index (χ1) is 10.8. The normalized spacial score (nSPS) is 11.3. The minimum absolute atomic E-state index is 0.00215. The Bertz CT molecular complexity index is 355. The molecule has 0 spiro atoms. The van der Waals surface area contributed by atoms with Gasteiger partial charge in [0.05, 0.1) is 6.54 Å². The SMILES string of the molecule is CC.CCCC(N)C(=O)O.O=CNCC(=O)NC(CS)C(=O)O. The number of rotatable bonds is 9. The summed E-state index contributed by atoms with van der Waals surface area (Å²) in [5.41, 5.74) is 5.13. The zero-order chi connectivity index (χ0) is 18.8. The maximum Gasteiger partial charge on any atom is 0.327 e. The van der Waals surface area contributed by atoms with Gasteiger partial charge >= 0.3 is 11.9 Å². The number of nitrogens with two attached hydrogens (primary N) is 1. The summed E-state index contributed by atoms with van der Waals surface area (Å²) in [5.74, 6) is -2.63. The van der Waals surface area contributed by atoms with Gasteiger partial charge in [-0.15, -0.1) is 0 Å². The van der Waals surface area contributed by atoms with Crippen molar-refractivity contribution in [3.8, 4) is 0 Å². The van der Waals surface area contributed by atoms with Gasteiger partial charge in [0.25, 0.3) is 0 Å². The Balaban J connectivity index is -0.000000343. The predicted molar refractivity (Wildman–Crippen MR) is 89.4 cm³/mol. The van der Waals surface area contributed by atoms with Crippen LogP contribution in [0, 0.1) is 0 Å². The molecule has 0 radical (unpaired) electrons. The number of thiol groups is 1. The number of hydrogen-bond donors (Lipinski definition) is 6. The van der Waals surface area contributed by atoms with Gasteiger partial charge in [0.1, 0.15) is 12.1 Å². The molecule has 0 bridgehead atoms. The number of carboxylic acid groups (broad SMARTS) is 2. The first kappa shape index (κ1) is 26.1. The van der Waals surface area contributed by atoms with Crippen molar-refractivity contribution in [2.45, 2.75) is 45.7 Å². The lowest BCUT2D eigenvalue weighted by Crippen LogP contribution is -2.45. The number of carbonyl (C=O) groups excluding carboxylic acids is 2. The van der Waals surface area contributed by atoms with E-state index < -0.39 is 29.9 Å². The first-order valence-corrected chi connectivity index (χ1v) is 7.71. The molecule has 0 saturated heterocycles. The number of hydrogen-bond acceptors (Lipinski definition) is 6. The fourth-order valence-corrected chi connectivity index (χ4v) is 1.25. The van der Waals surface area contributed by atoms with Crippen LogP contribution in [0.3, 0.4) is 0 Å². The number of carboxylic acids is 2. The molecule has 0 aromatic rings. The average molecular weight is 353 g/mol. The van der Waals surface area contributed by atoms with Gasteiger partial charge in [0, 0.05) is 5.75 Å². The van der Waals surface area contributed by atoms with Gasteiger partial charge in [0.2, 0.25) is 12.3 Å². The Morgan fingerprint density at radius 1 is 1.22 bits per heavy atom. The summed E-state index contributed by atoms with van der Waals surface area (Å²) in [6.45, 7) is 5.67. The molecule has 2 amide bonds. The van der Waals surface area contributed by atoms with E-state index in [4.69, 9.17) is 15.9 Å². The van der Waals surface area contributed by atoms with E-state index >= 15 is 0 Å². The molecule has 0 aromatic carbocycles. The van der Waals surface area contributed by atoms with E-state index in [2.05, 4.69) is 23.3 Å². The van der Waals surface area contributed by atoms with Gasteiger partial charge < -0.3 is 26.6 Å². The van der Waals surface area contributed by atoms with Crippen LogP contribution >= 0.6 is 12.6 Å². The molecule has 9 nitrogen and oxygen atoms in total. The van der Waals surface area contributed by atoms with E-state index in [0.717, 1.165) is 6.42 Å². The van der Waals surface area contributed by atoms with E-state index in [9.17, 15) is 19.2 Å². The van der Waals surface area contributed by atoms with Crippen LogP contribution in [0.15, 0.2) is 0 Å². The Morgan fingerprint density at radius 2 is 1.74 bits per heavy atom. The average Bonchev–Trinajstić information content (AvgIpc) is 2.53. The quantitative estimate of drug-likeness (QED) is 0.240. The van der Waals surface area contributed by atoms with E-state index in [1.165, 1.54) is 0 Å². The van der Waals surface area contributed by atoms with Gasteiger partial charge in [-0.2, -0.15) is 12.6 Å². The Kier molecular flexibility index (Phi) is 20.7. The highest BCUT2D eigenvalue weighted by molar-refractivity contribution is 7.80. The fraction of sp³-hybridized carbons (Fsp3) is 0.692. The van der Waals surface area contributed by atoms with Gasteiger partial charge in [-0.1, -0.05) is 27.2 Å². The van der Waals surface area contributed by atoms with Gasteiger partial charge in [0.15, 0.2) is 0 Å². The molecular weight excluding hydrogens is 326 g/mol. The fourth-order valence-electron chi connectivity index (χ4n) is 1.000. The van der Waals surface area contributed by atoms with E-state index in [0.29, 0.717) is 12.8 Å². The zero-order valence-electron chi connectivity index (χ0n) is 13.6. The van der Waals surface area contributed by atoms with Crippen LogP contribution in [0.5, 0.6) is 0 Å². The molecular formula is C13H27N3O6S. The van der Waals surface area contributed by atoms with Crippen molar-refractivity contribution in [1.82, 2.24) is 10.6 Å². The zero-order valence-corrected chi connectivity index (χ0v) is 14.5. The number of carbonyl (C=O) groups is 4. The number of nitrogens with one attached hydrogen (secondary N) is 2. The highest BCUT2D eigenvalue weighted by Gasteiger charge is 2.17. The first-order valence-electron chi connectivity index (χ1n) is 7.08. The van der Waals surface area contributed by atoms with E-state index in [-0.39, 0.29) is 12.3 Å². The monoisotopic (exact) mass is 353 g/mol. The highest BCUT2D eigenvalue weighted by atomic mass is 32.1. The van der Waals surface area contributed by atoms with Gasteiger partial charge in [-0.05, 0) is 6.42 Å². The lowest BCUT2D eigenvalue weighted by Gasteiger charge is -2.10. The molecule has 0 rings (SSSR count). The lowest BCUT2D eigenvalue weighted by molar-refractivity contribution is -0.141.